The molecule has 1 nitrogen and oxygen atoms in total. The molecule has 0 aliphatic carbocycles. The summed E-state index contributed by atoms with van der Waals surface area (Å²) in [6.07, 6.45) is 0. The van der Waals surface area contributed by atoms with Crippen LogP contribution in [0.3, 0.4) is 0 Å². The maximum absolute atomic E-state index is 13.7. The zero-order chi connectivity index (χ0) is 13.8. The Morgan fingerprint density at radius 1 is 1.05 bits per heavy atom. The smallest absolute Gasteiger partial charge is 0.127 e. The lowest BCUT2D eigenvalue weighted by molar-refractivity contribution is 0.593. The quantitative estimate of drug-likeness (QED) is 0.864. The lowest BCUT2D eigenvalue weighted by Crippen LogP contribution is -2.13. The summed E-state index contributed by atoms with van der Waals surface area (Å²) in [4.78, 5) is 0. The van der Waals surface area contributed by atoms with Gasteiger partial charge < -0.3 is 5.32 Å². The van der Waals surface area contributed by atoms with Gasteiger partial charge in [0.05, 0.1) is 0 Å². The molecule has 0 aliphatic rings. The highest BCUT2D eigenvalue weighted by atomic mass is 19.1. The molecule has 0 fully saturated rings. The molecule has 100 valence electrons. The first-order chi connectivity index (χ1) is 9.11. The summed E-state index contributed by atoms with van der Waals surface area (Å²) in [5.41, 5.74) is 5.42. The van der Waals surface area contributed by atoms with Crippen LogP contribution in [0.5, 0.6) is 0 Å². The number of benzene rings is 2. The number of halogens is 1. The van der Waals surface area contributed by atoms with E-state index in [0.29, 0.717) is 6.54 Å². The second-order valence-corrected chi connectivity index (χ2v) is 4.90. The van der Waals surface area contributed by atoms with E-state index in [1.807, 2.05) is 19.1 Å². The van der Waals surface area contributed by atoms with E-state index in [1.165, 1.54) is 16.7 Å². The van der Waals surface area contributed by atoms with E-state index in [0.717, 1.165) is 17.7 Å². The molecule has 0 radical (unpaired) electrons. The van der Waals surface area contributed by atoms with Gasteiger partial charge in [-0.25, -0.2) is 4.39 Å². The predicted octanol–water partition coefficient (Wildman–Crippen LogP) is 4.22. The minimum absolute atomic E-state index is 0.144. The van der Waals surface area contributed by atoms with Crippen LogP contribution in [0.15, 0.2) is 36.4 Å². The van der Waals surface area contributed by atoms with Crippen molar-refractivity contribution < 1.29 is 4.39 Å². The van der Waals surface area contributed by atoms with Gasteiger partial charge in [-0.3, -0.25) is 0 Å². The first kappa shape index (κ1) is 13.8. The molecule has 2 heteroatoms. The monoisotopic (exact) mass is 257 g/mol. The molecule has 1 N–H and O–H groups in total. The summed E-state index contributed by atoms with van der Waals surface area (Å²) in [6, 6.07) is 11.7. The van der Waals surface area contributed by atoms with E-state index in [2.05, 4.69) is 37.4 Å². The molecule has 0 bridgehead atoms. The minimum atomic E-state index is -0.144. The molecule has 0 aromatic heterocycles. The SMILES string of the molecule is CCNCc1cc(-c2cc(C)ccc2C)ccc1F. The van der Waals surface area contributed by atoms with Crippen LogP contribution in [0.2, 0.25) is 0 Å². The summed E-state index contributed by atoms with van der Waals surface area (Å²) < 4.78 is 13.7. The highest BCUT2D eigenvalue weighted by molar-refractivity contribution is 5.68. The van der Waals surface area contributed by atoms with Gasteiger partial charge in [-0.1, -0.05) is 36.8 Å². The van der Waals surface area contributed by atoms with Crippen molar-refractivity contribution >= 4 is 0 Å². The van der Waals surface area contributed by atoms with E-state index in [4.69, 9.17) is 0 Å². The number of nitrogens with one attached hydrogen (secondary N) is 1. The molecule has 0 unspecified atom stereocenters. The Kier molecular flexibility index (Phi) is 4.33. The van der Waals surface area contributed by atoms with E-state index in [-0.39, 0.29) is 5.82 Å². The fourth-order valence-corrected chi connectivity index (χ4v) is 2.18. The molecule has 0 amide bonds. The maximum Gasteiger partial charge on any atom is 0.127 e. The molecular formula is C17H20FN. The van der Waals surface area contributed by atoms with Gasteiger partial charge in [0.2, 0.25) is 0 Å². The van der Waals surface area contributed by atoms with Crippen LogP contribution in [0.1, 0.15) is 23.6 Å². The van der Waals surface area contributed by atoms with Gasteiger partial charge in [-0.2, -0.15) is 0 Å². The molecule has 0 heterocycles. The third kappa shape index (κ3) is 3.21. The van der Waals surface area contributed by atoms with Gasteiger partial charge in [0.1, 0.15) is 5.82 Å². The number of hydrogen-bond donors (Lipinski definition) is 1. The molecule has 2 aromatic rings. The highest BCUT2D eigenvalue weighted by Crippen LogP contribution is 2.26. The van der Waals surface area contributed by atoms with E-state index >= 15 is 0 Å². The average Bonchev–Trinajstić information content (AvgIpc) is 2.41. The Morgan fingerprint density at radius 2 is 1.84 bits per heavy atom. The van der Waals surface area contributed by atoms with Gasteiger partial charge in [0.25, 0.3) is 0 Å². The molecule has 19 heavy (non-hydrogen) atoms. The third-order valence-electron chi connectivity index (χ3n) is 3.32. The number of rotatable bonds is 4. The average molecular weight is 257 g/mol. The molecule has 2 rings (SSSR count). The first-order valence-corrected chi connectivity index (χ1v) is 6.68. The van der Waals surface area contributed by atoms with E-state index in [1.54, 1.807) is 6.07 Å². The second kappa shape index (κ2) is 5.98. The van der Waals surface area contributed by atoms with Crippen LogP contribution < -0.4 is 5.32 Å². The molecule has 0 saturated carbocycles. The molecular weight excluding hydrogens is 237 g/mol. The van der Waals surface area contributed by atoms with Crippen LogP contribution >= 0.6 is 0 Å². The Labute approximate surface area is 114 Å². The molecule has 0 spiro atoms. The third-order valence-corrected chi connectivity index (χ3v) is 3.32. The molecule has 2 aromatic carbocycles. The molecule has 0 saturated heterocycles. The highest BCUT2D eigenvalue weighted by Gasteiger charge is 2.07. The van der Waals surface area contributed by atoms with Crippen LogP contribution in [0.4, 0.5) is 4.39 Å². The maximum atomic E-state index is 13.7. The van der Waals surface area contributed by atoms with Crippen molar-refractivity contribution in [3.05, 3.63) is 58.9 Å². The van der Waals surface area contributed by atoms with Crippen LogP contribution in [0, 0.1) is 19.7 Å². The van der Waals surface area contributed by atoms with E-state index < -0.39 is 0 Å². The largest absolute Gasteiger partial charge is 0.313 e. The number of hydrogen-bond acceptors (Lipinski definition) is 1. The van der Waals surface area contributed by atoms with E-state index in [9.17, 15) is 4.39 Å². The topological polar surface area (TPSA) is 12.0 Å². The standard InChI is InChI=1S/C17H20FN/c1-4-19-11-15-10-14(7-8-17(15)18)16-9-12(2)5-6-13(16)3/h5-10,19H,4,11H2,1-3H3. The zero-order valence-electron chi connectivity index (χ0n) is 11.8. The van der Waals surface area contributed by atoms with Crippen molar-refractivity contribution in [1.29, 1.82) is 0 Å². The van der Waals surface area contributed by atoms with Crippen molar-refractivity contribution in [2.45, 2.75) is 27.3 Å². The summed E-state index contributed by atoms with van der Waals surface area (Å²) in [7, 11) is 0. The zero-order valence-corrected chi connectivity index (χ0v) is 11.8. The van der Waals surface area contributed by atoms with Gasteiger partial charge in [-0.05, 0) is 49.2 Å². The van der Waals surface area contributed by atoms with Crippen molar-refractivity contribution in [2.75, 3.05) is 6.54 Å². The Morgan fingerprint density at radius 3 is 2.58 bits per heavy atom. The van der Waals surface area contributed by atoms with Gasteiger partial charge in [0.15, 0.2) is 0 Å². The van der Waals surface area contributed by atoms with Crippen LogP contribution in [0.25, 0.3) is 11.1 Å². The van der Waals surface area contributed by atoms with Crippen molar-refractivity contribution in [3.8, 4) is 11.1 Å². The van der Waals surface area contributed by atoms with Crippen molar-refractivity contribution in [1.82, 2.24) is 5.32 Å². The first-order valence-electron chi connectivity index (χ1n) is 6.68. The lowest BCUT2D eigenvalue weighted by Gasteiger charge is -2.10. The Hall–Kier alpha value is -1.67. The van der Waals surface area contributed by atoms with Crippen LogP contribution in [-0.2, 0) is 6.54 Å². The Balaban J connectivity index is 2.42. The summed E-state index contributed by atoms with van der Waals surface area (Å²) in [5.74, 6) is -0.144. The van der Waals surface area contributed by atoms with Crippen molar-refractivity contribution in [2.24, 2.45) is 0 Å². The molecule has 0 aliphatic heterocycles. The number of aryl methyl sites for hydroxylation is 2. The van der Waals surface area contributed by atoms with Gasteiger partial charge >= 0.3 is 0 Å². The van der Waals surface area contributed by atoms with Crippen LogP contribution in [-0.4, -0.2) is 6.54 Å². The van der Waals surface area contributed by atoms with Crippen molar-refractivity contribution in [3.63, 3.8) is 0 Å². The lowest BCUT2D eigenvalue weighted by atomic mass is 9.97. The van der Waals surface area contributed by atoms with Gasteiger partial charge in [-0.15, -0.1) is 0 Å². The fourth-order valence-electron chi connectivity index (χ4n) is 2.18. The summed E-state index contributed by atoms with van der Waals surface area (Å²) in [5, 5.41) is 3.17. The fraction of sp³-hybridized carbons (Fsp3) is 0.294. The second-order valence-electron chi connectivity index (χ2n) is 4.90. The minimum Gasteiger partial charge on any atom is -0.313 e. The summed E-state index contributed by atoms with van der Waals surface area (Å²) >= 11 is 0. The molecule has 0 atom stereocenters. The predicted molar refractivity (Wildman–Crippen MR) is 78.7 cm³/mol. The normalized spacial score (nSPS) is 10.7. The Bertz CT molecular complexity index is 575. The summed E-state index contributed by atoms with van der Waals surface area (Å²) in [6.45, 7) is 7.59. The van der Waals surface area contributed by atoms with Gasteiger partial charge in [0, 0.05) is 12.1 Å².